The van der Waals surface area contributed by atoms with Crippen LogP contribution in [0.15, 0.2) is 121 Å². The number of ether oxygens (including phenoxy) is 4. The maximum atomic E-state index is 15.7. The molecule has 6 heterocycles. The molecule has 26 heteroatoms. The van der Waals surface area contributed by atoms with Crippen molar-refractivity contribution < 1.29 is 93.4 Å². The summed E-state index contributed by atoms with van der Waals surface area (Å²) in [6.45, 7) is 1.42. The van der Waals surface area contributed by atoms with Crippen molar-refractivity contribution in [1.29, 1.82) is 0 Å². The molecule has 6 amide bonds. The quantitative estimate of drug-likeness (QED) is 0.104. The first-order valence-electron chi connectivity index (χ1n) is 26.2. The molecule has 16 N–H and O–H groups in total. The van der Waals surface area contributed by atoms with Gasteiger partial charge in [-0.2, -0.15) is 0 Å². The van der Waals surface area contributed by atoms with Crippen LogP contribution < -0.4 is 51.8 Å². The molecule has 6 aliphatic heterocycles. The van der Waals surface area contributed by atoms with Crippen LogP contribution in [0.25, 0.3) is 11.1 Å². The number of phenols is 6. The van der Waals surface area contributed by atoms with Crippen LogP contribution in [0.2, 0.25) is 0 Å². The molecule has 13 rings (SSSR count). The molecule has 0 saturated carbocycles. The number of nitrogens with two attached hydrogens (primary N) is 1. The Balaban J connectivity index is 1.14. The Labute approximate surface area is 485 Å². The average molecular weight is 1170 g/mol. The van der Waals surface area contributed by atoms with Gasteiger partial charge < -0.3 is 97.4 Å². The molecule has 26 nitrogen and oxygen atoms in total. The number of amides is 6. The number of methoxy groups -OCH3 is 1. The maximum absolute atomic E-state index is 15.7. The molecule has 7 aromatic carbocycles. The van der Waals surface area contributed by atoms with Gasteiger partial charge in [0.2, 0.25) is 41.2 Å². The normalized spacial score (nSPS) is 22.7. The monoisotopic (exact) mass is 1170 g/mol. The fourth-order valence-electron chi connectivity index (χ4n) is 10.4. The number of benzene rings is 7. The zero-order valence-corrected chi connectivity index (χ0v) is 44.9. The van der Waals surface area contributed by atoms with E-state index in [9.17, 15) is 60.0 Å². The summed E-state index contributed by atoms with van der Waals surface area (Å²) in [5.74, 6) is -13.7. The zero-order valence-electron chi connectivity index (χ0n) is 44.9. The third kappa shape index (κ3) is 10.6. The van der Waals surface area contributed by atoms with E-state index in [1.807, 2.05) is 0 Å². The Morgan fingerprint density at radius 3 is 1.53 bits per heavy atom. The molecule has 7 aromatic rings. The van der Waals surface area contributed by atoms with Gasteiger partial charge in [-0.05, 0) is 119 Å². The van der Waals surface area contributed by atoms with Gasteiger partial charge in [0.15, 0.2) is 29.0 Å². The van der Waals surface area contributed by atoms with Gasteiger partial charge in [-0.3, -0.25) is 28.8 Å². The van der Waals surface area contributed by atoms with Gasteiger partial charge in [0.05, 0.1) is 7.11 Å². The lowest BCUT2D eigenvalue weighted by atomic mass is 9.89. The van der Waals surface area contributed by atoms with Crippen LogP contribution in [0, 0.1) is 6.92 Å². The first-order chi connectivity index (χ1) is 41.0. The number of esters is 1. The molecule has 2 unspecified atom stereocenters. The van der Waals surface area contributed by atoms with E-state index in [2.05, 4.69) is 31.9 Å². The smallest absolute Gasteiger partial charge is 0.333 e. The van der Waals surface area contributed by atoms with E-state index >= 15 is 14.4 Å². The molecule has 0 radical (unpaired) electrons. The number of hydrogen-bond acceptors (Lipinski definition) is 20. The summed E-state index contributed by atoms with van der Waals surface area (Å²) in [4.78, 5) is 104. The molecular formula is C60H51N7O19. The second-order valence-corrected chi connectivity index (χ2v) is 20.5. The zero-order chi connectivity index (χ0) is 61.2. The Morgan fingerprint density at radius 2 is 0.942 bits per heavy atom. The van der Waals surface area contributed by atoms with Crippen molar-refractivity contribution in [3.05, 3.63) is 166 Å². The summed E-state index contributed by atoms with van der Waals surface area (Å²) < 4.78 is 23.5. The highest BCUT2D eigenvalue weighted by Crippen LogP contribution is 2.47. The number of rotatable bonds is 1. The number of fused-ring (bicyclic) bond motifs is 14. The number of carbonyl (C=O) groups is 7. The Kier molecular flexibility index (Phi) is 14.7. The number of aliphatic hydroxyl groups is 2. The summed E-state index contributed by atoms with van der Waals surface area (Å²) in [7, 11) is 0.974. The Hall–Kier alpha value is -11.1. The van der Waals surface area contributed by atoms with E-state index < -0.39 is 142 Å². The molecule has 0 saturated heterocycles. The van der Waals surface area contributed by atoms with Crippen molar-refractivity contribution >= 4 is 41.4 Å². The molecule has 17 bridgehead atoms. The van der Waals surface area contributed by atoms with E-state index in [-0.39, 0.29) is 78.6 Å². The van der Waals surface area contributed by atoms with E-state index in [1.165, 1.54) is 79.7 Å². The predicted molar refractivity (Wildman–Crippen MR) is 295 cm³/mol. The summed E-state index contributed by atoms with van der Waals surface area (Å²) >= 11 is 0. The molecule has 6 aliphatic rings. The van der Waals surface area contributed by atoms with E-state index in [4.69, 9.17) is 24.7 Å². The van der Waals surface area contributed by atoms with Gasteiger partial charge in [0.25, 0.3) is 0 Å². The number of hydrogen-bond donors (Lipinski definition) is 15. The summed E-state index contributed by atoms with van der Waals surface area (Å²) in [5.41, 5.74) is 4.64. The van der Waals surface area contributed by atoms with Crippen LogP contribution in [-0.2, 0) is 38.3 Å². The number of carbonyl (C=O) groups excluding carboxylic acids is 7. The predicted octanol–water partition coefficient (Wildman–Crippen LogP) is 3.57. The van der Waals surface area contributed by atoms with Crippen LogP contribution in [0.5, 0.6) is 69.0 Å². The minimum atomic E-state index is -2.14. The highest BCUT2D eigenvalue weighted by Gasteiger charge is 2.42. The largest absolute Gasteiger partial charge is 0.508 e. The number of phenolic OH excluding ortho intramolecular Hbond substituents is 6. The molecule has 0 fully saturated rings. The van der Waals surface area contributed by atoms with Gasteiger partial charge in [0, 0.05) is 28.3 Å². The minimum Gasteiger partial charge on any atom is -0.508 e. The fraction of sp³-hybridized carbons (Fsp3) is 0.183. The SMILES string of the molecule is COC(=O)C1NC(=O)[C@H]2NC(=O)[C@H](NC(=O)[C@@H]3NC(=O)C4NC(=O)[C@H](NC(=O)[C@@H](N)c5ccc(O)c(c5)Oc5cc4cc(O)c5C)[C@H](O)c4ccc(cc4)Oc4cc3cc(c4O)Oc3ccc(cc3)[C@H]2O)c2ccc(O)c(c2)-c2c(O)cc(O)cc21. The maximum Gasteiger partial charge on any atom is 0.333 e. The summed E-state index contributed by atoms with van der Waals surface area (Å²) in [6, 6.07) is 10.1. The summed E-state index contributed by atoms with van der Waals surface area (Å²) in [6.07, 6.45) is -3.93. The second kappa shape index (κ2) is 22.2. The van der Waals surface area contributed by atoms with Crippen molar-refractivity contribution in [2.45, 2.75) is 61.4 Å². The van der Waals surface area contributed by atoms with Crippen molar-refractivity contribution in [2.24, 2.45) is 5.73 Å². The Bertz CT molecular complexity index is 3990. The average Bonchev–Trinajstić information content (AvgIpc) is 2.08. The standard InChI is InChI=1S/C60H51N7O19/c1-23-37(71)16-28-18-39(23)86-40-17-26(7-14-36(40)70)44(61)54(76)66-49-51(73)24-3-9-31(10-4-24)84-41-19-29-20-42(53(41)75)85-32-11-5-25(6-12-32)52(74)50-59(81)65-48(60(82)83-2)34-21-30(68)22-38(72)43(34)33-15-27(8-13-35(33)69)45(55(77)67-50)62-57(79)47(29)63-56(78)46(28)64-58(49)80/h3-22,44-52,68-75H,61H2,1-2H3,(H,62,79)(H,63,78)(H,64,80)(H,65,81)(H,66,76)(H,67,77)/t44-,45+,46?,47+,48?,49+,50-,51+,52+/m0/s1. The lowest BCUT2D eigenvalue weighted by Gasteiger charge is -2.31. The molecule has 0 aromatic heterocycles. The van der Waals surface area contributed by atoms with Crippen molar-refractivity contribution in [2.75, 3.05) is 7.11 Å². The summed E-state index contributed by atoms with van der Waals surface area (Å²) in [5, 5.41) is 107. The van der Waals surface area contributed by atoms with Crippen molar-refractivity contribution in [3.8, 4) is 80.1 Å². The lowest BCUT2D eigenvalue weighted by molar-refractivity contribution is -0.146. The fourth-order valence-corrected chi connectivity index (χ4v) is 10.4. The first-order valence-corrected chi connectivity index (χ1v) is 26.2. The number of aromatic hydroxyl groups is 6. The molecule has 440 valence electrons. The number of nitrogens with one attached hydrogen (secondary N) is 6. The van der Waals surface area contributed by atoms with Gasteiger partial charge in [-0.15, -0.1) is 0 Å². The van der Waals surface area contributed by atoms with Crippen LogP contribution >= 0.6 is 0 Å². The van der Waals surface area contributed by atoms with Gasteiger partial charge in [-0.25, -0.2) is 4.79 Å². The molecule has 86 heavy (non-hydrogen) atoms. The molecule has 0 aliphatic carbocycles. The minimum absolute atomic E-state index is 0.00535. The third-order valence-electron chi connectivity index (χ3n) is 15.1. The number of aliphatic hydroxyl groups excluding tert-OH is 2. The lowest BCUT2D eigenvalue weighted by Crippen LogP contribution is -2.55. The van der Waals surface area contributed by atoms with Gasteiger partial charge in [-0.1, -0.05) is 36.4 Å². The first kappa shape index (κ1) is 56.8. The molecule has 9 atom stereocenters. The van der Waals surface area contributed by atoms with Crippen molar-refractivity contribution in [3.63, 3.8) is 0 Å². The van der Waals surface area contributed by atoms with Crippen molar-refractivity contribution in [1.82, 2.24) is 31.9 Å². The second-order valence-electron chi connectivity index (χ2n) is 20.5. The van der Waals surface area contributed by atoms with E-state index in [1.54, 1.807) is 0 Å². The van der Waals surface area contributed by atoms with Gasteiger partial charge in [0.1, 0.15) is 88.7 Å². The van der Waals surface area contributed by atoms with Crippen LogP contribution in [0.1, 0.15) is 86.9 Å². The third-order valence-corrected chi connectivity index (χ3v) is 15.1. The van der Waals surface area contributed by atoms with Crippen LogP contribution in [-0.4, -0.2) is 101 Å². The van der Waals surface area contributed by atoms with E-state index in [0.717, 1.165) is 55.6 Å². The van der Waals surface area contributed by atoms with Crippen LogP contribution in [0.3, 0.4) is 0 Å². The van der Waals surface area contributed by atoms with Crippen LogP contribution in [0.4, 0.5) is 0 Å². The highest BCUT2D eigenvalue weighted by molar-refractivity contribution is 6.00. The van der Waals surface area contributed by atoms with Gasteiger partial charge >= 0.3 is 5.97 Å². The molecule has 0 spiro atoms. The van der Waals surface area contributed by atoms with E-state index in [0.29, 0.717) is 0 Å². The molecular weight excluding hydrogens is 1120 g/mol. The highest BCUT2D eigenvalue weighted by atomic mass is 16.5. The topological polar surface area (TPSA) is 416 Å². The Morgan fingerprint density at radius 1 is 0.465 bits per heavy atom.